The van der Waals surface area contributed by atoms with Gasteiger partial charge in [-0.2, -0.15) is 0 Å². The van der Waals surface area contributed by atoms with Crippen LogP contribution >= 0.6 is 0 Å². The molecule has 0 fully saturated rings. The van der Waals surface area contributed by atoms with E-state index in [-0.39, 0.29) is 6.09 Å². The lowest BCUT2D eigenvalue weighted by atomic mass is 10.1. The van der Waals surface area contributed by atoms with Crippen LogP contribution in [0.25, 0.3) is 5.57 Å². The molecule has 1 heterocycles. The van der Waals surface area contributed by atoms with Gasteiger partial charge in [-0.15, -0.1) is 0 Å². The minimum Gasteiger partial charge on any atom is -0.444 e. The fourth-order valence-corrected chi connectivity index (χ4v) is 2.00. The van der Waals surface area contributed by atoms with Gasteiger partial charge in [0.05, 0.1) is 0 Å². The van der Waals surface area contributed by atoms with Crippen molar-refractivity contribution in [3.05, 3.63) is 41.5 Å². The number of rotatable bonds is 1. The predicted octanol–water partition coefficient (Wildman–Crippen LogP) is 3.63. The van der Waals surface area contributed by atoms with E-state index in [1.54, 1.807) is 4.90 Å². The van der Waals surface area contributed by atoms with Crippen molar-refractivity contribution in [2.24, 2.45) is 0 Å². The lowest BCUT2D eigenvalue weighted by molar-refractivity contribution is 0.0306. The van der Waals surface area contributed by atoms with Crippen LogP contribution < -0.4 is 0 Å². The second-order valence-electron chi connectivity index (χ2n) is 5.96. The van der Waals surface area contributed by atoms with Crippen LogP contribution in [0.5, 0.6) is 0 Å². The van der Waals surface area contributed by atoms with E-state index in [0.29, 0.717) is 13.1 Å². The summed E-state index contributed by atoms with van der Waals surface area (Å²) in [4.78, 5) is 13.7. The molecule has 1 aromatic rings. The quantitative estimate of drug-likeness (QED) is 0.770. The molecule has 2 rings (SSSR count). The molecule has 0 atom stereocenters. The summed E-state index contributed by atoms with van der Waals surface area (Å²) >= 11 is 0. The van der Waals surface area contributed by atoms with Crippen LogP contribution in [0.2, 0.25) is 0 Å². The van der Waals surface area contributed by atoms with Crippen molar-refractivity contribution in [2.45, 2.75) is 33.3 Å². The lowest BCUT2D eigenvalue weighted by Crippen LogP contribution is -2.35. The molecule has 0 saturated heterocycles. The maximum atomic E-state index is 12.0. The molecule has 0 unspecified atom stereocenters. The number of benzene rings is 1. The molecule has 0 bridgehead atoms. The third-order valence-corrected chi connectivity index (χ3v) is 2.99. The maximum absolute atomic E-state index is 12.0. The highest BCUT2D eigenvalue weighted by molar-refractivity contribution is 5.77. The van der Waals surface area contributed by atoms with Gasteiger partial charge in [0.2, 0.25) is 0 Å². The lowest BCUT2D eigenvalue weighted by Gasteiger charge is -2.24. The van der Waals surface area contributed by atoms with E-state index in [2.05, 4.69) is 37.3 Å². The molecular weight excluding hydrogens is 238 g/mol. The number of carbonyl (C=O) groups is 1. The zero-order valence-electron chi connectivity index (χ0n) is 12.1. The summed E-state index contributed by atoms with van der Waals surface area (Å²) in [5.74, 6) is 0. The Balaban J connectivity index is 1.99. The third-order valence-electron chi connectivity index (χ3n) is 2.99. The topological polar surface area (TPSA) is 29.5 Å². The van der Waals surface area contributed by atoms with E-state index in [9.17, 15) is 4.79 Å². The minimum atomic E-state index is -0.441. The summed E-state index contributed by atoms with van der Waals surface area (Å²) in [6.45, 7) is 8.97. The second-order valence-corrected chi connectivity index (χ2v) is 5.96. The van der Waals surface area contributed by atoms with Crippen LogP contribution in [0.1, 0.15) is 31.9 Å². The van der Waals surface area contributed by atoms with Gasteiger partial charge >= 0.3 is 6.09 Å². The van der Waals surface area contributed by atoms with Crippen LogP contribution in [0.3, 0.4) is 0 Å². The van der Waals surface area contributed by atoms with Crippen molar-refractivity contribution in [3.8, 4) is 0 Å². The average molecular weight is 259 g/mol. The van der Waals surface area contributed by atoms with Gasteiger partial charge in [-0.25, -0.2) is 4.79 Å². The monoisotopic (exact) mass is 259 g/mol. The van der Waals surface area contributed by atoms with Gasteiger partial charge in [0, 0.05) is 13.1 Å². The van der Waals surface area contributed by atoms with Gasteiger partial charge in [-0.05, 0) is 38.8 Å². The Kier molecular flexibility index (Phi) is 3.65. The molecule has 1 aromatic carbocycles. The summed E-state index contributed by atoms with van der Waals surface area (Å²) in [5, 5.41) is 0. The Morgan fingerprint density at radius 1 is 1.21 bits per heavy atom. The molecule has 0 aromatic heterocycles. The molecule has 0 spiro atoms. The number of nitrogens with zero attached hydrogens (tertiary/aromatic N) is 1. The van der Waals surface area contributed by atoms with E-state index in [1.165, 1.54) is 16.7 Å². The van der Waals surface area contributed by atoms with Crippen molar-refractivity contribution in [1.29, 1.82) is 0 Å². The number of carbonyl (C=O) groups excluding carboxylic acids is 1. The zero-order valence-corrected chi connectivity index (χ0v) is 12.1. The fraction of sp³-hybridized carbons (Fsp3) is 0.438. The smallest absolute Gasteiger partial charge is 0.410 e. The summed E-state index contributed by atoms with van der Waals surface area (Å²) in [6.07, 6.45) is 1.85. The Morgan fingerprint density at radius 2 is 1.84 bits per heavy atom. The maximum Gasteiger partial charge on any atom is 0.410 e. The molecule has 3 heteroatoms. The van der Waals surface area contributed by atoms with Gasteiger partial charge in [0.1, 0.15) is 5.60 Å². The van der Waals surface area contributed by atoms with Gasteiger partial charge in [0.25, 0.3) is 0 Å². The minimum absolute atomic E-state index is 0.245. The first-order valence-corrected chi connectivity index (χ1v) is 6.59. The van der Waals surface area contributed by atoms with Crippen molar-refractivity contribution >= 4 is 11.7 Å². The molecule has 0 saturated carbocycles. The van der Waals surface area contributed by atoms with Crippen molar-refractivity contribution in [1.82, 2.24) is 4.90 Å². The average Bonchev–Trinajstić information content (AvgIpc) is 2.77. The Morgan fingerprint density at radius 3 is 2.42 bits per heavy atom. The van der Waals surface area contributed by atoms with E-state index >= 15 is 0 Å². The number of amides is 1. The van der Waals surface area contributed by atoms with Crippen LogP contribution in [-0.2, 0) is 4.74 Å². The Labute approximate surface area is 114 Å². The molecule has 0 N–H and O–H groups in total. The standard InChI is InChI=1S/C16H21NO2/c1-12-5-7-13(8-6-12)14-9-10-17(11-14)15(18)19-16(2,3)4/h5-9H,10-11H2,1-4H3. The van der Waals surface area contributed by atoms with E-state index in [4.69, 9.17) is 4.74 Å². The van der Waals surface area contributed by atoms with Crippen molar-refractivity contribution < 1.29 is 9.53 Å². The van der Waals surface area contributed by atoms with Crippen LogP contribution in [-0.4, -0.2) is 29.7 Å². The Bertz CT molecular complexity index is 494. The number of aryl methyl sites for hydroxylation is 1. The highest BCUT2D eigenvalue weighted by Gasteiger charge is 2.25. The van der Waals surface area contributed by atoms with Gasteiger partial charge in [-0.3, -0.25) is 0 Å². The summed E-state index contributed by atoms with van der Waals surface area (Å²) < 4.78 is 5.38. The molecular formula is C16H21NO2. The van der Waals surface area contributed by atoms with E-state index in [1.807, 2.05) is 20.8 Å². The van der Waals surface area contributed by atoms with Crippen molar-refractivity contribution in [3.63, 3.8) is 0 Å². The van der Waals surface area contributed by atoms with E-state index in [0.717, 1.165) is 0 Å². The van der Waals surface area contributed by atoms with Crippen LogP contribution in [0, 0.1) is 6.92 Å². The third kappa shape index (κ3) is 3.60. The first kappa shape index (κ1) is 13.7. The largest absolute Gasteiger partial charge is 0.444 e. The Hall–Kier alpha value is -1.77. The second kappa shape index (κ2) is 5.08. The molecule has 3 nitrogen and oxygen atoms in total. The SMILES string of the molecule is Cc1ccc(C2=CCN(C(=O)OC(C)(C)C)C2)cc1. The number of hydrogen-bond acceptors (Lipinski definition) is 2. The fourth-order valence-electron chi connectivity index (χ4n) is 2.00. The van der Waals surface area contributed by atoms with Gasteiger partial charge in [0.15, 0.2) is 0 Å². The molecule has 102 valence electrons. The molecule has 19 heavy (non-hydrogen) atoms. The van der Waals surface area contributed by atoms with Crippen LogP contribution in [0.15, 0.2) is 30.3 Å². The predicted molar refractivity (Wildman–Crippen MR) is 77.0 cm³/mol. The highest BCUT2D eigenvalue weighted by Crippen LogP contribution is 2.22. The molecule has 0 radical (unpaired) electrons. The van der Waals surface area contributed by atoms with Gasteiger partial charge in [-0.1, -0.05) is 35.9 Å². The summed E-state index contributed by atoms with van der Waals surface area (Å²) in [7, 11) is 0. The van der Waals surface area contributed by atoms with E-state index < -0.39 is 5.60 Å². The number of ether oxygens (including phenoxy) is 1. The normalized spacial score (nSPS) is 15.4. The van der Waals surface area contributed by atoms with Crippen molar-refractivity contribution in [2.75, 3.05) is 13.1 Å². The summed E-state index contributed by atoms with van der Waals surface area (Å²) in [6, 6.07) is 8.37. The van der Waals surface area contributed by atoms with Crippen LogP contribution in [0.4, 0.5) is 4.79 Å². The summed E-state index contributed by atoms with van der Waals surface area (Å²) in [5.41, 5.74) is 3.16. The first-order valence-electron chi connectivity index (χ1n) is 6.59. The number of hydrogen-bond donors (Lipinski definition) is 0. The zero-order chi connectivity index (χ0) is 14.0. The van der Waals surface area contributed by atoms with Gasteiger partial charge < -0.3 is 9.64 Å². The molecule has 0 aliphatic carbocycles. The molecule has 1 aliphatic heterocycles. The molecule has 1 aliphatic rings. The molecule has 1 amide bonds. The first-order chi connectivity index (χ1) is 8.85. The highest BCUT2D eigenvalue weighted by atomic mass is 16.6.